The number of halogens is 2. The highest BCUT2D eigenvalue weighted by Crippen LogP contribution is 2.20. The monoisotopic (exact) mass is 325 g/mol. The fraction of sp³-hybridized carbons (Fsp3) is 0.588. The largest absolute Gasteiger partial charge is 0.339 e. The van der Waals surface area contributed by atoms with E-state index in [0.29, 0.717) is 13.0 Å². The molecule has 0 saturated carbocycles. The van der Waals surface area contributed by atoms with Crippen molar-refractivity contribution in [1.29, 1.82) is 0 Å². The molecule has 6 heteroatoms. The van der Waals surface area contributed by atoms with Gasteiger partial charge in [0.05, 0.1) is 6.54 Å². The number of hydrogen-bond donors (Lipinski definition) is 0. The molecule has 1 heterocycles. The molecule has 0 spiro atoms. The Morgan fingerprint density at radius 1 is 1.17 bits per heavy atom. The Hall–Kier alpha value is -1.53. The predicted molar refractivity (Wildman–Crippen MR) is 86.0 cm³/mol. The van der Waals surface area contributed by atoms with Gasteiger partial charge >= 0.3 is 0 Å². The number of amides is 1. The maximum atomic E-state index is 13.8. The molecule has 1 fully saturated rings. The van der Waals surface area contributed by atoms with Crippen molar-refractivity contribution in [2.45, 2.75) is 25.9 Å². The van der Waals surface area contributed by atoms with E-state index in [9.17, 15) is 13.6 Å². The molecule has 0 atom stereocenters. The maximum Gasteiger partial charge on any atom is 0.210 e. The van der Waals surface area contributed by atoms with E-state index in [0.717, 1.165) is 26.2 Å². The summed E-state index contributed by atoms with van der Waals surface area (Å²) < 4.78 is 27.6. The molecular formula is C17H25F2N3O. The van der Waals surface area contributed by atoms with Crippen LogP contribution in [-0.2, 0) is 11.3 Å². The zero-order valence-corrected chi connectivity index (χ0v) is 14.1. The van der Waals surface area contributed by atoms with Crippen LogP contribution in [0.1, 0.15) is 19.4 Å². The quantitative estimate of drug-likeness (QED) is 0.748. The normalized spacial score (nSPS) is 17.3. The molecule has 2 rings (SSSR count). The summed E-state index contributed by atoms with van der Waals surface area (Å²) >= 11 is 0. The molecule has 128 valence electrons. The minimum Gasteiger partial charge on any atom is -0.339 e. The highest BCUT2D eigenvalue weighted by atomic mass is 19.1. The van der Waals surface area contributed by atoms with Gasteiger partial charge in [-0.2, -0.15) is 0 Å². The van der Waals surface area contributed by atoms with Gasteiger partial charge in [0.1, 0.15) is 11.6 Å². The van der Waals surface area contributed by atoms with Crippen molar-refractivity contribution in [3.05, 3.63) is 35.4 Å². The van der Waals surface area contributed by atoms with Crippen molar-refractivity contribution in [3.63, 3.8) is 0 Å². The standard InChI is InChI=1S/C17H25F2N3O/c1-17(2,22-9-7-20(3)8-10-22)12-21(13-23)11-14-15(18)5-4-6-16(14)19/h4-6,13H,7-12H2,1-3H3. The fourth-order valence-electron chi connectivity index (χ4n) is 3.03. The highest BCUT2D eigenvalue weighted by molar-refractivity contribution is 5.47. The molecule has 0 N–H and O–H groups in total. The molecule has 1 aliphatic rings. The van der Waals surface area contributed by atoms with Crippen molar-refractivity contribution < 1.29 is 13.6 Å². The van der Waals surface area contributed by atoms with Crippen molar-refractivity contribution in [1.82, 2.24) is 14.7 Å². The van der Waals surface area contributed by atoms with E-state index >= 15 is 0 Å². The summed E-state index contributed by atoms with van der Waals surface area (Å²) in [7, 11) is 2.09. The van der Waals surface area contributed by atoms with Crippen LogP contribution in [0.4, 0.5) is 8.78 Å². The molecule has 0 aromatic heterocycles. The number of benzene rings is 1. The Morgan fingerprint density at radius 2 is 1.74 bits per heavy atom. The zero-order valence-electron chi connectivity index (χ0n) is 14.1. The number of rotatable bonds is 6. The molecule has 4 nitrogen and oxygen atoms in total. The summed E-state index contributed by atoms with van der Waals surface area (Å²) in [6, 6.07) is 3.76. The number of carbonyl (C=O) groups is 1. The van der Waals surface area contributed by atoms with Crippen molar-refractivity contribution >= 4 is 6.41 Å². The number of piperazine rings is 1. The number of carbonyl (C=O) groups excluding carboxylic acids is 1. The smallest absolute Gasteiger partial charge is 0.210 e. The maximum absolute atomic E-state index is 13.8. The van der Waals surface area contributed by atoms with Gasteiger partial charge < -0.3 is 9.80 Å². The molecule has 1 saturated heterocycles. The Kier molecular flexibility index (Phi) is 5.70. The average molecular weight is 325 g/mol. The third-order valence-corrected chi connectivity index (χ3v) is 4.52. The summed E-state index contributed by atoms with van der Waals surface area (Å²) in [6.45, 7) is 8.29. The van der Waals surface area contributed by atoms with Gasteiger partial charge in [0.15, 0.2) is 0 Å². The molecule has 1 aliphatic heterocycles. The lowest BCUT2D eigenvalue weighted by atomic mass is 10.0. The van der Waals surface area contributed by atoms with Crippen LogP contribution in [0.3, 0.4) is 0 Å². The van der Waals surface area contributed by atoms with E-state index in [-0.39, 0.29) is 17.6 Å². The van der Waals surface area contributed by atoms with Crippen molar-refractivity contribution in [2.75, 3.05) is 39.8 Å². The number of hydrogen-bond acceptors (Lipinski definition) is 3. The van der Waals surface area contributed by atoms with Gasteiger partial charge in [-0.3, -0.25) is 9.69 Å². The Bertz CT molecular complexity index is 522. The van der Waals surface area contributed by atoms with E-state index in [1.807, 2.05) is 0 Å². The van der Waals surface area contributed by atoms with Gasteiger partial charge in [-0.05, 0) is 33.0 Å². The Balaban J connectivity index is 2.05. The van der Waals surface area contributed by atoms with Gasteiger partial charge in [0, 0.05) is 43.8 Å². The minimum absolute atomic E-state index is 0.0564. The van der Waals surface area contributed by atoms with Crippen LogP contribution >= 0.6 is 0 Å². The summed E-state index contributed by atoms with van der Waals surface area (Å²) in [6.07, 6.45) is 0.670. The summed E-state index contributed by atoms with van der Waals surface area (Å²) in [4.78, 5) is 17.4. The summed E-state index contributed by atoms with van der Waals surface area (Å²) in [5.74, 6) is -1.23. The second-order valence-corrected chi connectivity index (χ2v) is 6.81. The van der Waals surface area contributed by atoms with Gasteiger partial charge in [-0.15, -0.1) is 0 Å². The fourth-order valence-corrected chi connectivity index (χ4v) is 3.03. The van der Waals surface area contributed by atoms with Crippen molar-refractivity contribution in [2.24, 2.45) is 0 Å². The molecule has 1 amide bonds. The van der Waals surface area contributed by atoms with E-state index < -0.39 is 11.6 Å². The molecule has 1 aromatic carbocycles. The molecule has 23 heavy (non-hydrogen) atoms. The first-order valence-corrected chi connectivity index (χ1v) is 7.89. The molecule has 0 unspecified atom stereocenters. The van der Waals surface area contributed by atoms with Crippen molar-refractivity contribution in [3.8, 4) is 0 Å². The van der Waals surface area contributed by atoms with Crippen LogP contribution in [0.5, 0.6) is 0 Å². The molecule has 0 aliphatic carbocycles. The summed E-state index contributed by atoms with van der Waals surface area (Å²) in [5, 5.41) is 0. The first-order valence-electron chi connectivity index (χ1n) is 7.89. The van der Waals surface area contributed by atoms with E-state index in [1.54, 1.807) is 0 Å². The van der Waals surface area contributed by atoms with Crippen LogP contribution < -0.4 is 0 Å². The van der Waals surface area contributed by atoms with Crippen LogP contribution in [0.25, 0.3) is 0 Å². The molecule has 0 bridgehead atoms. The Morgan fingerprint density at radius 3 is 2.26 bits per heavy atom. The average Bonchev–Trinajstić information content (AvgIpc) is 2.50. The van der Waals surface area contributed by atoms with E-state index in [1.165, 1.54) is 23.1 Å². The van der Waals surface area contributed by atoms with Crippen LogP contribution in [-0.4, -0.2) is 66.4 Å². The second-order valence-electron chi connectivity index (χ2n) is 6.81. The summed E-state index contributed by atoms with van der Waals surface area (Å²) in [5.41, 5.74) is -0.307. The lowest BCUT2D eigenvalue weighted by molar-refractivity contribution is -0.120. The van der Waals surface area contributed by atoms with Gasteiger partial charge in [-0.1, -0.05) is 6.07 Å². The topological polar surface area (TPSA) is 26.8 Å². The first kappa shape index (κ1) is 17.8. The number of likely N-dealkylation sites (N-methyl/N-ethyl adjacent to an activating group) is 1. The van der Waals surface area contributed by atoms with Crippen LogP contribution in [0.15, 0.2) is 18.2 Å². The molecule has 0 radical (unpaired) electrons. The lowest BCUT2D eigenvalue weighted by Crippen LogP contribution is -2.57. The van der Waals surface area contributed by atoms with E-state index in [2.05, 4.69) is 30.7 Å². The number of nitrogens with zero attached hydrogens (tertiary/aromatic N) is 3. The third kappa shape index (κ3) is 4.48. The lowest BCUT2D eigenvalue weighted by Gasteiger charge is -2.44. The SMILES string of the molecule is CN1CCN(C(C)(C)CN(C=O)Cc2c(F)cccc2F)CC1. The van der Waals surface area contributed by atoms with Gasteiger partial charge in [0.2, 0.25) is 6.41 Å². The third-order valence-electron chi connectivity index (χ3n) is 4.52. The van der Waals surface area contributed by atoms with Crippen LogP contribution in [0, 0.1) is 11.6 Å². The minimum atomic E-state index is -0.616. The van der Waals surface area contributed by atoms with Crippen LogP contribution in [0.2, 0.25) is 0 Å². The first-order chi connectivity index (χ1) is 10.8. The predicted octanol–water partition coefficient (Wildman–Crippen LogP) is 1.95. The highest BCUT2D eigenvalue weighted by Gasteiger charge is 2.31. The Labute approximate surface area is 136 Å². The van der Waals surface area contributed by atoms with Gasteiger partial charge in [-0.25, -0.2) is 8.78 Å². The van der Waals surface area contributed by atoms with Gasteiger partial charge in [0.25, 0.3) is 0 Å². The van der Waals surface area contributed by atoms with E-state index in [4.69, 9.17) is 0 Å². The molecule has 1 aromatic rings. The zero-order chi connectivity index (χ0) is 17.0. The second kappa shape index (κ2) is 7.36. The molecular weight excluding hydrogens is 300 g/mol.